The van der Waals surface area contributed by atoms with E-state index in [1.807, 2.05) is 6.07 Å². The third-order valence-electron chi connectivity index (χ3n) is 3.49. The number of rotatable bonds is 4. The summed E-state index contributed by atoms with van der Waals surface area (Å²) >= 11 is 7.04. The predicted octanol–water partition coefficient (Wildman–Crippen LogP) is 3.82. The van der Waals surface area contributed by atoms with Crippen molar-refractivity contribution in [3.8, 4) is 0 Å². The zero-order valence-corrected chi connectivity index (χ0v) is 13.6. The van der Waals surface area contributed by atoms with Crippen LogP contribution in [-0.4, -0.2) is 18.5 Å². The minimum absolute atomic E-state index is 0.00875. The second kappa shape index (κ2) is 6.68. The number of anilines is 1. The molecule has 1 aromatic carbocycles. The van der Waals surface area contributed by atoms with Crippen LogP contribution in [0.2, 0.25) is 5.02 Å². The summed E-state index contributed by atoms with van der Waals surface area (Å²) in [5, 5.41) is 2.57. The lowest BCUT2D eigenvalue weighted by Crippen LogP contribution is -2.21. The lowest BCUT2D eigenvalue weighted by atomic mass is 10.2. The average molecular weight is 354 g/mol. The van der Waals surface area contributed by atoms with E-state index in [-0.39, 0.29) is 10.7 Å². The molecule has 1 amide bonds. The molecular formula is C16H13ClFNO3S. The topological polar surface area (TPSA) is 55.4 Å². The molecule has 0 saturated heterocycles. The second-order valence-electron chi connectivity index (χ2n) is 5.16. The Kier molecular flexibility index (Phi) is 4.63. The van der Waals surface area contributed by atoms with Crippen LogP contribution in [0, 0.1) is 5.82 Å². The maximum atomic E-state index is 13.6. The summed E-state index contributed by atoms with van der Waals surface area (Å²) in [5.41, 5.74) is 1.18. The summed E-state index contributed by atoms with van der Waals surface area (Å²) in [4.78, 5) is 25.4. The minimum atomic E-state index is -0.646. The number of nitrogens with one attached hydrogen (secondary N) is 1. The first kappa shape index (κ1) is 16.0. The quantitative estimate of drug-likeness (QED) is 0.850. The Morgan fingerprint density at radius 1 is 1.30 bits per heavy atom. The Morgan fingerprint density at radius 2 is 2.13 bits per heavy atom. The number of ether oxygens (including phenoxy) is 1. The van der Waals surface area contributed by atoms with E-state index >= 15 is 0 Å². The molecule has 23 heavy (non-hydrogen) atoms. The van der Waals surface area contributed by atoms with Crippen molar-refractivity contribution in [3.63, 3.8) is 0 Å². The first-order valence-electron chi connectivity index (χ1n) is 7.06. The first-order chi connectivity index (χ1) is 11.0. The van der Waals surface area contributed by atoms with Crippen molar-refractivity contribution in [1.29, 1.82) is 0 Å². The van der Waals surface area contributed by atoms with Crippen molar-refractivity contribution < 1.29 is 18.7 Å². The molecule has 1 aromatic heterocycles. The van der Waals surface area contributed by atoms with Gasteiger partial charge in [0.05, 0.1) is 5.69 Å². The third-order valence-corrected chi connectivity index (χ3v) is 4.94. The highest BCUT2D eigenvalue weighted by Crippen LogP contribution is 2.30. The van der Waals surface area contributed by atoms with Gasteiger partial charge in [-0.05, 0) is 49.1 Å². The van der Waals surface area contributed by atoms with E-state index in [1.165, 1.54) is 33.9 Å². The molecule has 0 atom stereocenters. The maximum Gasteiger partial charge on any atom is 0.348 e. The van der Waals surface area contributed by atoms with Crippen LogP contribution in [0.5, 0.6) is 0 Å². The third kappa shape index (κ3) is 3.71. The van der Waals surface area contributed by atoms with Gasteiger partial charge in [-0.1, -0.05) is 11.6 Å². The van der Waals surface area contributed by atoms with E-state index in [0.717, 1.165) is 25.3 Å². The highest BCUT2D eigenvalue weighted by atomic mass is 35.5. The van der Waals surface area contributed by atoms with Crippen LogP contribution in [0.4, 0.5) is 10.1 Å². The van der Waals surface area contributed by atoms with Crippen LogP contribution in [0.3, 0.4) is 0 Å². The Morgan fingerprint density at radius 3 is 2.87 bits per heavy atom. The molecule has 1 N–H and O–H groups in total. The second-order valence-corrected chi connectivity index (χ2v) is 6.73. The molecule has 0 fully saturated rings. The molecule has 4 nitrogen and oxygen atoms in total. The highest BCUT2D eigenvalue weighted by Gasteiger charge is 2.20. The summed E-state index contributed by atoms with van der Waals surface area (Å²) in [7, 11) is 0. The number of carbonyl (C=O) groups excluding carboxylic acids is 2. The van der Waals surface area contributed by atoms with Crippen LogP contribution in [0.1, 0.15) is 26.5 Å². The van der Waals surface area contributed by atoms with Crippen molar-refractivity contribution in [1.82, 2.24) is 0 Å². The van der Waals surface area contributed by atoms with E-state index in [2.05, 4.69) is 5.32 Å². The molecule has 120 valence electrons. The van der Waals surface area contributed by atoms with Crippen LogP contribution >= 0.6 is 22.9 Å². The van der Waals surface area contributed by atoms with Crippen LogP contribution < -0.4 is 5.32 Å². The van der Waals surface area contributed by atoms with E-state index < -0.39 is 24.3 Å². The molecule has 0 unspecified atom stereocenters. The number of thiophene rings is 1. The van der Waals surface area contributed by atoms with Crippen molar-refractivity contribution in [2.75, 3.05) is 11.9 Å². The van der Waals surface area contributed by atoms with Crippen LogP contribution in [0.25, 0.3) is 0 Å². The molecule has 0 aliphatic heterocycles. The van der Waals surface area contributed by atoms with Crippen LogP contribution in [0.15, 0.2) is 24.3 Å². The molecule has 1 aliphatic carbocycles. The fraction of sp³-hybridized carbons (Fsp3) is 0.250. The molecule has 3 rings (SSSR count). The molecule has 0 radical (unpaired) electrons. The standard InChI is InChI=1S/C16H13ClFNO3S/c17-10-4-5-12(11(18)7-10)19-15(20)8-22-16(21)14-6-9-2-1-3-13(9)23-14/h4-7H,1-3,8H2,(H,19,20). The lowest BCUT2D eigenvalue weighted by molar-refractivity contribution is -0.119. The number of esters is 1. The maximum absolute atomic E-state index is 13.6. The Balaban J connectivity index is 1.54. The van der Waals surface area contributed by atoms with E-state index in [4.69, 9.17) is 16.3 Å². The van der Waals surface area contributed by atoms with Gasteiger partial charge in [-0.2, -0.15) is 0 Å². The monoisotopic (exact) mass is 353 g/mol. The Bertz CT molecular complexity index is 753. The zero-order valence-electron chi connectivity index (χ0n) is 12.0. The molecule has 0 bridgehead atoms. The number of benzene rings is 1. The molecule has 7 heteroatoms. The fourth-order valence-electron chi connectivity index (χ4n) is 2.41. The summed E-state index contributed by atoms with van der Waals surface area (Å²) in [6, 6.07) is 5.73. The normalized spacial score (nSPS) is 12.8. The van der Waals surface area contributed by atoms with E-state index in [1.54, 1.807) is 0 Å². The molecule has 1 aliphatic rings. The molecule has 2 aromatic rings. The van der Waals surface area contributed by atoms with E-state index in [0.29, 0.717) is 4.88 Å². The van der Waals surface area contributed by atoms with Crippen molar-refractivity contribution in [3.05, 3.63) is 50.4 Å². The molecule has 1 heterocycles. The van der Waals surface area contributed by atoms with Gasteiger partial charge < -0.3 is 10.1 Å². The van der Waals surface area contributed by atoms with Gasteiger partial charge in [0.1, 0.15) is 10.7 Å². The van der Waals surface area contributed by atoms with Gasteiger partial charge >= 0.3 is 5.97 Å². The lowest BCUT2D eigenvalue weighted by Gasteiger charge is -2.07. The SMILES string of the molecule is O=C(COC(=O)c1cc2c(s1)CCC2)Nc1ccc(Cl)cc1F. The van der Waals surface area contributed by atoms with Crippen molar-refractivity contribution in [2.24, 2.45) is 0 Å². The molecule has 0 spiro atoms. The van der Waals surface area contributed by atoms with Crippen molar-refractivity contribution in [2.45, 2.75) is 19.3 Å². The average Bonchev–Trinajstić information content (AvgIpc) is 3.09. The van der Waals surface area contributed by atoms with Gasteiger partial charge in [0.2, 0.25) is 0 Å². The van der Waals surface area contributed by atoms with Crippen molar-refractivity contribution >= 4 is 40.5 Å². The van der Waals surface area contributed by atoms with Crippen LogP contribution in [-0.2, 0) is 22.4 Å². The summed E-state index contributed by atoms with van der Waals surface area (Å²) in [6.45, 7) is -0.469. The van der Waals surface area contributed by atoms with Gasteiger partial charge in [-0.3, -0.25) is 4.79 Å². The number of carbonyl (C=O) groups is 2. The molecular weight excluding hydrogens is 341 g/mol. The number of hydrogen-bond donors (Lipinski definition) is 1. The summed E-state index contributed by atoms with van der Waals surface area (Å²) < 4.78 is 18.5. The smallest absolute Gasteiger partial charge is 0.348 e. The largest absolute Gasteiger partial charge is 0.451 e. The van der Waals surface area contributed by atoms with Gasteiger partial charge in [-0.25, -0.2) is 9.18 Å². The minimum Gasteiger partial charge on any atom is -0.451 e. The summed E-state index contributed by atoms with van der Waals surface area (Å²) in [5.74, 6) is -1.79. The van der Waals surface area contributed by atoms with Gasteiger partial charge in [0.25, 0.3) is 5.91 Å². The fourth-order valence-corrected chi connectivity index (χ4v) is 3.72. The van der Waals surface area contributed by atoms with Gasteiger partial charge in [0.15, 0.2) is 6.61 Å². The number of aryl methyl sites for hydroxylation is 2. The number of amides is 1. The Hall–Kier alpha value is -1.92. The summed E-state index contributed by atoms with van der Waals surface area (Å²) in [6.07, 6.45) is 3.09. The highest BCUT2D eigenvalue weighted by molar-refractivity contribution is 7.14. The van der Waals surface area contributed by atoms with Gasteiger partial charge in [0, 0.05) is 9.90 Å². The van der Waals surface area contributed by atoms with E-state index in [9.17, 15) is 14.0 Å². The predicted molar refractivity (Wildman–Crippen MR) is 86.7 cm³/mol. The first-order valence-corrected chi connectivity index (χ1v) is 8.26. The number of fused-ring (bicyclic) bond motifs is 1. The number of hydrogen-bond acceptors (Lipinski definition) is 4. The van der Waals surface area contributed by atoms with Gasteiger partial charge in [-0.15, -0.1) is 11.3 Å². The molecule has 0 saturated carbocycles. The zero-order chi connectivity index (χ0) is 16.4. The Labute approximate surface area is 141 Å². The number of halogens is 2.